The Hall–Kier alpha value is -3.40. The number of amides is 1. The fraction of sp³-hybridized carbons (Fsp3) is 0.391. The third kappa shape index (κ3) is 3.95. The number of nitrogens with zero attached hydrogens (tertiary/aromatic N) is 4. The summed E-state index contributed by atoms with van der Waals surface area (Å²) in [6.07, 6.45) is 2.40. The lowest BCUT2D eigenvalue weighted by Gasteiger charge is -2.14. The summed E-state index contributed by atoms with van der Waals surface area (Å²) in [4.78, 5) is 25.4. The van der Waals surface area contributed by atoms with Gasteiger partial charge in [0.1, 0.15) is 10.5 Å². The number of rotatable bonds is 8. The van der Waals surface area contributed by atoms with Gasteiger partial charge in [-0.05, 0) is 48.9 Å². The van der Waals surface area contributed by atoms with Gasteiger partial charge in [0, 0.05) is 25.4 Å². The number of carbonyl (C=O) groups is 1. The Kier molecular flexibility index (Phi) is 5.76. The van der Waals surface area contributed by atoms with E-state index in [1.807, 2.05) is 47.9 Å². The van der Waals surface area contributed by atoms with Crippen LogP contribution in [0.5, 0.6) is 11.5 Å². The van der Waals surface area contributed by atoms with Gasteiger partial charge in [-0.25, -0.2) is 0 Å². The number of ether oxygens (including phenoxy) is 2. The predicted octanol–water partition coefficient (Wildman–Crippen LogP) is 3.44. The monoisotopic (exact) mass is 467 g/mol. The van der Waals surface area contributed by atoms with E-state index in [2.05, 4.69) is 15.5 Å². The molecule has 172 valence electrons. The van der Waals surface area contributed by atoms with Crippen LogP contribution in [0, 0.1) is 0 Å². The Labute approximate surface area is 194 Å². The van der Waals surface area contributed by atoms with Crippen LogP contribution in [-0.4, -0.2) is 31.9 Å². The molecule has 1 aliphatic rings. The molecule has 1 unspecified atom stereocenters. The van der Waals surface area contributed by atoms with Crippen molar-refractivity contribution < 1.29 is 14.3 Å². The lowest BCUT2D eigenvalue weighted by atomic mass is 10.2. The number of benzene rings is 1. The maximum Gasteiger partial charge on any atom is 0.273 e. The molecule has 0 saturated heterocycles. The summed E-state index contributed by atoms with van der Waals surface area (Å²) in [6, 6.07) is 7.60. The van der Waals surface area contributed by atoms with Gasteiger partial charge in [-0.3, -0.25) is 18.6 Å². The van der Waals surface area contributed by atoms with Gasteiger partial charge in [-0.1, -0.05) is 13.0 Å². The fourth-order valence-electron chi connectivity index (χ4n) is 4.04. The summed E-state index contributed by atoms with van der Waals surface area (Å²) in [6.45, 7) is 4.72. The van der Waals surface area contributed by atoms with E-state index in [1.165, 1.54) is 11.3 Å². The van der Waals surface area contributed by atoms with Gasteiger partial charge in [-0.15, -0.1) is 21.5 Å². The number of thiophene rings is 1. The van der Waals surface area contributed by atoms with Crippen LogP contribution < -0.4 is 20.3 Å². The molecule has 0 fully saturated rings. The molecule has 3 aromatic heterocycles. The number of aromatic nitrogens is 4. The van der Waals surface area contributed by atoms with Crippen LogP contribution in [0.1, 0.15) is 50.5 Å². The minimum Gasteiger partial charge on any atom is -0.454 e. The molecule has 1 amide bonds. The van der Waals surface area contributed by atoms with Crippen molar-refractivity contribution in [2.45, 2.75) is 52.1 Å². The van der Waals surface area contributed by atoms with Gasteiger partial charge >= 0.3 is 0 Å². The standard InChI is InChI=1S/C23H25N5O4S/c1-3-14(2)27-22(30)21-16(9-10-33-21)28-19(25-26-23(27)28)5-4-6-20(29)24-12-15-7-8-17-18(11-15)32-13-31-17/h7-11,14H,3-6,12-13H2,1-2H3,(H,24,29). The second-order valence-electron chi connectivity index (χ2n) is 8.14. The number of hydrogen-bond acceptors (Lipinski definition) is 7. The first-order chi connectivity index (χ1) is 16.1. The summed E-state index contributed by atoms with van der Waals surface area (Å²) in [5, 5.41) is 13.6. The molecule has 1 N–H and O–H groups in total. The molecular weight excluding hydrogens is 442 g/mol. The van der Waals surface area contributed by atoms with E-state index in [1.54, 1.807) is 4.57 Å². The Balaban J connectivity index is 1.27. The number of aryl methyl sites for hydroxylation is 1. The Morgan fingerprint density at radius 3 is 2.94 bits per heavy atom. The lowest BCUT2D eigenvalue weighted by Crippen LogP contribution is -2.25. The normalized spacial score (nSPS) is 13.6. The van der Waals surface area contributed by atoms with Crippen LogP contribution in [0.2, 0.25) is 0 Å². The van der Waals surface area contributed by atoms with E-state index in [-0.39, 0.29) is 24.3 Å². The van der Waals surface area contributed by atoms with Crippen molar-refractivity contribution in [2.24, 2.45) is 0 Å². The molecule has 33 heavy (non-hydrogen) atoms. The SMILES string of the molecule is CCC(C)n1c(=O)c2sccc2n2c(CCCC(=O)NCc3ccc4c(c3)OCO4)nnc12. The van der Waals surface area contributed by atoms with Crippen molar-refractivity contribution in [1.82, 2.24) is 24.5 Å². The van der Waals surface area contributed by atoms with Crippen LogP contribution in [0.25, 0.3) is 16.0 Å². The summed E-state index contributed by atoms with van der Waals surface area (Å²) in [5.74, 6) is 2.72. The van der Waals surface area contributed by atoms with Crippen LogP contribution in [0.4, 0.5) is 0 Å². The van der Waals surface area contributed by atoms with Crippen molar-refractivity contribution in [3.63, 3.8) is 0 Å². The van der Waals surface area contributed by atoms with E-state index >= 15 is 0 Å². The van der Waals surface area contributed by atoms with E-state index in [0.717, 1.165) is 29.1 Å². The lowest BCUT2D eigenvalue weighted by molar-refractivity contribution is -0.121. The fourth-order valence-corrected chi connectivity index (χ4v) is 4.85. The second-order valence-corrected chi connectivity index (χ2v) is 9.05. The van der Waals surface area contributed by atoms with Crippen molar-refractivity contribution in [2.75, 3.05) is 6.79 Å². The molecule has 1 aromatic carbocycles. The van der Waals surface area contributed by atoms with E-state index in [4.69, 9.17) is 9.47 Å². The van der Waals surface area contributed by atoms with Crippen molar-refractivity contribution in [1.29, 1.82) is 0 Å². The maximum atomic E-state index is 13.0. The molecular formula is C23H25N5O4S. The van der Waals surface area contributed by atoms with Crippen molar-refractivity contribution >= 4 is 33.2 Å². The van der Waals surface area contributed by atoms with Gasteiger partial charge in [0.25, 0.3) is 5.56 Å². The Morgan fingerprint density at radius 2 is 2.09 bits per heavy atom. The average molecular weight is 468 g/mol. The van der Waals surface area contributed by atoms with Crippen LogP contribution in [0.15, 0.2) is 34.4 Å². The second kappa shape index (κ2) is 8.86. The Bertz CT molecular complexity index is 1390. The van der Waals surface area contributed by atoms with E-state index in [0.29, 0.717) is 42.0 Å². The predicted molar refractivity (Wildman–Crippen MR) is 125 cm³/mol. The Morgan fingerprint density at radius 1 is 1.24 bits per heavy atom. The third-order valence-corrected chi connectivity index (χ3v) is 6.88. The van der Waals surface area contributed by atoms with Crippen LogP contribution >= 0.6 is 11.3 Å². The zero-order valence-electron chi connectivity index (χ0n) is 18.5. The molecule has 0 aliphatic carbocycles. The highest BCUT2D eigenvalue weighted by Crippen LogP contribution is 2.32. The van der Waals surface area contributed by atoms with E-state index in [9.17, 15) is 9.59 Å². The third-order valence-electron chi connectivity index (χ3n) is 5.99. The molecule has 1 aliphatic heterocycles. The van der Waals surface area contributed by atoms with Gasteiger partial charge < -0.3 is 14.8 Å². The minimum atomic E-state index is -0.0290. The molecule has 9 nitrogen and oxygen atoms in total. The molecule has 0 saturated carbocycles. The topological polar surface area (TPSA) is 99.8 Å². The van der Waals surface area contributed by atoms with E-state index < -0.39 is 0 Å². The molecule has 1 atom stereocenters. The number of fused-ring (bicyclic) bond motifs is 4. The number of carbonyl (C=O) groups excluding carboxylic acids is 1. The van der Waals surface area contributed by atoms with Gasteiger partial charge in [0.15, 0.2) is 11.5 Å². The van der Waals surface area contributed by atoms with Gasteiger partial charge in [0.2, 0.25) is 18.5 Å². The summed E-state index contributed by atoms with van der Waals surface area (Å²) in [5.41, 5.74) is 1.76. The molecule has 4 heterocycles. The minimum absolute atomic E-state index is 0.0190. The summed E-state index contributed by atoms with van der Waals surface area (Å²) >= 11 is 1.43. The first-order valence-corrected chi connectivity index (χ1v) is 12.0. The summed E-state index contributed by atoms with van der Waals surface area (Å²) < 4.78 is 15.1. The van der Waals surface area contributed by atoms with Gasteiger partial charge in [0.05, 0.1) is 5.52 Å². The molecule has 10 heteroatoms. The van der Waals surface area contributed by atoms with Crippen molar-refractivity contribution in [3.8, 4) is 11.5 Å². The van der Waals surface area contributed by atoms with Gasteiger partial charge in [-0.2, -0.15) is 0 Å². The first kappa shape index (κ1) is 21.4. The molecule has 4 aromatic rings. The average Bonchev–Trinajstić information content (AvgIpc) is 3.56. The van der Waals surface area contributed by atoms with Crippen molar-refractivity contribution in [3.05, 3.63) is 51.4 Å². The highest BCUT2D eigenvalue weighted by Gasteiger charge is 2.20. The maximum absolute atomic E-state index is 13.0. The number of nitrogens with one attached hydrogen (secondary N) is 1. The number of hydrogen-bond donors (Lipinski definition) is 1. The molecule has 0 spiro atoms. The quantitative estimate of drug-likeness (QED) is 0.426. The highest BCUT2D eigenvalue weighted by atomic mass is 32.1. The molecule has 0 radical (unpaired) electrons. The highest BCUT2D eigenvalue weighted by molar-refractivity contribution is 7.17. The van der Waals surface area contributed by atoms with Crippen LogP contribution in [0.3, 0.4) is 0 Å². The summed E-state index contributed by atoms with van der Waals surface area (Å²) in [7, 11) is 0. The molecule has 5 rings (SSSR count). The zero-order valence-corrected chi connectivity index (χ0v) is 19.4. The molecule has 0 bridgehead atoms. The zero-order chi connectivity index (χ0) is 22.9. The largest absolute Gasteiger partial charge is 0.454 e. The van der Waals surface area contributed by atoms with Crippen LogP contribution in [-0.2, 0) is 17.8 Å². The first-order valence-electron chi connectivity index (χ1n) is 11.1. The smallest absolute Gasteiger partial charge is 0.273 e.